The number of benzene rings is 1. The topological polar surface area (TPSA) is 78.7 Å². The SMILES string of the molecule is COc1cc2c(cc1-c1cccnc1F)-c1c(c(C(=O)N3CCOCC3(C)C)nn1-c1ccsc1)CO2. The number of rotatable bonds is 4. The van der Waals surface area contributed by atoms with Crippen LogP contribution in [0.3, 0.4) is 0 Å². The Balaban J connectivity index is 1.56. The Morgan fingerprint density at radius 1 is 1.22 bits per heavy atom. The number of aromatic nitrogens is 3. The van der Waals surface area contributed by atoms with E-state index in [2.05, 4.69) is 4.98 Å². The molecule has 10 heteroatoms. The van der Waals surface area contributed by atoms with E-state index in [0.717, 1.165) is 11.4 Å². The minimum atomic E-state index is -0.602. The van der Waals surface area contributed by atoms with Gasteiger partial charge in [-0.25, -0.2) is 9.67 Å². The van der Waals surface area contributed by atoms with Gasteiger partial charge in [0.05, 0.1) is 37.2 Å². The summed E-state index contributed by atoms with van der Waals surface area (Å²) in [5.74, 6) is 0.258. The number of fused-ring (bicyclic) bond motifs is 3. The molecule has 8 nitrogen and oxygen atoms in total. The predicted molar refractivity (Wildman–Crippen MR) is 137 cm³/mol. The molecule has 2 aliphatic heterocycles. The van der Waals surface area contributed by atoms with Crippen LogP contribution in [0.5, 0.6) is 11.5 Å². The van der Waals surface area contributed by atoms with Gasteiger partial charge in [0.15, 0.2) is 5.69 Å². The summed E-state index contributed by atoms with van der Waals surface area (Å²) in [7, 11) is 1.53. The zero-order valence-electron chi connectivity index (χ0n) is 20.7. The fraction of sp³-hybridized carbons (Fsp3) is 0.296. The normalized spacial score (nSPS) is 16.1. The standard InChI is InChI=1S/C27H25FN4O4S/c1-27(2)15-35-9-8-31(27)26(33)23-20-13-36-22-12-21(34-3)18(17-5-4-7-29-25(17)28)11-19(22)24(20)32(30-23)16-6-10-37-14-16/h4-7,10-12,14H,8-9,13,15H2,1-3H3. The number of hydrogen-bond donors (Lipinski definition) is 0. The number of nitrogens with zero attached hydrogens (tertiary/aromatic N) is 4. The minimum Gasteiger partial charge on any atom is -0.496 e. The van der Waals surface area contributed by atoms with E-state index in [-0.39, 0.29) is 12.5 Å². The monoisotopic (exact) mass is 520 g/mol. The molecule has 1 saturated heterocycles. The molecule has 190 valence electrons. The van der Waals surface area contributed by atoms with Gasteiger partial charge in [-0.3, -0.25) is 4.79 Å². The summed E-state index contributed by atoms with van der Waals surface area (Å²) in [4.78, 5) is 19.5. The van der Waals surface area contributed by atoms with Crippen LogP contribution < -0.4 is 9.47 Å². The summed E-state index contributed by atoms with van der Waals surface area (Å²) in [5.41, 5.74) is 3.66. The first-order valence-electron chi connectivity index (χ1n) is 11.9. The Hall–Kier alpha value is -3.76. The summed E-state index contributed by atoms with van der Waals surface area (Å²) in [6.45, 7) is 5.54. The lowest BCUT2D eigenvalue weighted by molar-refractivity contribution is -0.0374. The first-order chi connectivity index (χ1) is 17.9. The van der Waals surface area contributed by atoms with Gasteiger partial charge in [0.2, 0.25) is 5.95 Å². The van der Waals surface area contributed by atoms with E-state index in [4.69, 9.17) is 19.3 Å². The first-order valence-corrected chi connectivity index (χ1v) is 12.8. The molecular weight excluding hydrogens is 495 g/mol. The van der Waals surface area contributed by atoms with Crippen LogP contribution in [-0.4, -0.2) is 58.0 Å². The van der Waals surface area contributed by atoms with Gasteiger partial charge >= 0.3 is 0 Å². The van der Waals surface area contributed by atoms with E-state index >= 15 is 0 Å². The minimum absolute atomic E-state index is 0.169. The summed E-state index contributed by atoms with van der Waals surface area (Å²) in [6, 6.07) is 8.85. The van der Waals surface area contributed by atoms with E-state index < -0.39 is 11.5 Å². The van der Waals surface area contributed by atoms with Gasteiger partial charge in [0, 0.05) is 46.4 Å². The average molecular weight is 521 g/mol. The molecule has 1 amide bonds. The third-order valence-electron chi connectivity index (χ3n) is 6.81. The zero-order chi connectivity index (χ0) is 25.7. The first kappa shape index (κ1) is 23.6. The number of morpholine rings is 1. The molecule has 0 spiro atoms. The largest absolute Gasteiger partial charge is 0.496 e. The molecule has 37 heavy (non-hydrogen) atoms. The van der Waals surface area contributed by atoms with Gasteiger partial charge in [-0.2, -0.15) is 20.8 Å². The van der Waals surface area contributed by atoms with Crippen molar-refractivity contribution in [3.63, 3.8) is 0 Å². The van der Waals surface area contributed by atoms with Crippen molar-refractivity contribution < 1.29 is 23.4 Å². The number of halogens is 1. The maximum atomic E-state index is 14.7. The van der Waals surface area contributed by atoms with Crippen molar-refractivity contribution in [3.8, 4) is 39.6 Å². The molecule has 3 aromatic heterocycles. The maximum absolute atomic E-state index is 14.7. The van der Waals surface area contributed by atoms with Gasteiger partial charge in [-0.1, -0.05) is 0 Å². The van der Waals surface area contributed by atoms with Crippen LogP contribution in [0, 0.1) is 5.95 Å². The van der Waals surface area contributed by atoms with E-state index in [1.165, 1.54) is 24.6 Å². The molecule has 0 saturated carbocycles. The Kier molecular flexibility index (Phi) is 5.73. The highest BCUT2D eigenvalue weighted by atomic mass is 32.1. The summed E-state index contributed by atoms with van der Waals surface area (Å²) < 4.78 is 33.9. The molecule has 6 rings (SSSR count). The molecule has 0 unspecified atom stereocenters. The summed E-state index contributed by atoms with van der Waals surface area (Å²) >= 11 is 1.54. The Labute approximate surface area is 217 Å². The highest BCUT2D eigenvalue weighted by Crippen LogP contribution is 2.46. The second kappa shape index (κ2) is 8.97. The molecule has 4 aromatic rings. The third-order valence-corrected chi connectivity index (χ3v) is 7.48. The highest BCUT2D eigenvalue weighted by Gasteiger charge is 2.39. The van der Waals surface area contributed by atoms with Gasteiger partial charge < -0.3 is 19.1 Å². The fourth-order valence-corrected chi connectivity index (χ4v) is 5.56. The second-order valence-corrected chi connectivity index (χ2v) is 10.4. The molecule has 0 aliphatic carbocycles. The van der Waals surface area contributed by atoms with Crippen LogP contribution >= 0.6 is 11.3 Å². The number of pyridine rings is 1. The van der Waals surface area contributed by atoms with Crippen LogP contribution in [-0.2, 0) is 11.3 Å². The van der Waals surface area contributed by atoms with Crippen molar-refractivity contribution in [1.29, 1.82) is 0 Å². The van der Waals surface area contributed by atoms with Crippen LogP contribution in [0.15, 0.2) is 47.3 Å². The molecule has 1 fully saturated rings. The Bertz CT molecular complexity index is 1500. The maximum Gasteiger partial charge on any atom is 0.275 e. The molecule has 0 bridgehead atoms. The zero-order valence-corrected chi connectivity index (χ0v) is 21.5. The lowest BCUT2D eigenvalue weighted by Gasteiger charge is -2.41. The van der Waals surface area contributed by atoms with Gasteiger partial charge in [0.1, 0.15) is 18.1 Å². The van der Waals surface area contributed by atoms with Crippen molar-refractivity contribution in [2.75, 3.05) is 26.9 Å². The number of ether oxygens (including phenoxy) is 3. The van der Waals surface area contributed by atoms with Gasteiger partial charge in [-0.15, -0.1) is 0 Å². The van der Waals surface area contributed by atoms with E-state index in [1.807, 2.05) is 41.6 Å². The lowest BCUT2D eigenvalue weighted by Crippen LogP contribution is -2.55. The average Bonchev–Trinajstić information content (AvgIpc) is 3.56. The number of amides is 1. The van der Waals surface area contributed by atoms with Gasteiger partial charge in [-0.05, 0) is 43.5 Å². The molecular formula is C27H25FN4O4S. The van der Waals surface area contributed by atoms with Crippen LogP contribution in [0.1, 0.15) is 29.9 Å². The van der Waals surface area contributed by atoms with Gasteiger partial charge in [0.25, 0.3) is 5.91 Å². The quantitative estimate of drug-likeness (QED) is 0.354. The lowest BCUT2D eigenvalue weighted by atomic mass is 9.95. The highest BCUT2D eigenvalue weighted by molar-refractivity contribution is 7.08. The number of carbonyl (C=O) groups excluding carboxylic acids is 1. The van der Waals surface area contributed by atoms with E-state index in [9.17, 15) is 9.18 Å². The third kappa shape index (κ3) is 3.87. The second-order valence-electron chi connectivity index (χ2n) is 9.57. The molecule has 2 aliphatic rings. The van der Waals surface area contributed by atoms with Crippen molar-refractivity contribution in [3.05, 3.63) is 64.5 Å². The van der Waals surface area contributed by atoms with E-state index in [1.54, 1.807) is 22.9 Å². The van der Waals surface area contributed by atoms with Crippen molar-refractivity contribution >= 4 is 17.2 Å². The smallest absolute Gasteiger partial charge is 0.275 e. The number of hydrogen-bond acceptors (Lipinski definition) is 7. The molecule has 0 N–H and O–H groups in total. The molecule has 1 aromatic carbocycles. The Morgan fingerprint density at radius 3 is 2.81 bits per heavy atom. The van der Waals surface area contributed by atoms with Crippen LogP contribution in [0.25, 0.3) is 28.1 Å². The number of methoxy groups -OCH3 is 1. The van der Waals surface area contributed by atoms with Crippen LogP contribution in [0.4, 0.5) is 4.39 Å². The van der Waals surface area contributed by atoms with Crippen molar-refractivity contribution in [2.24, 2.45) is 0 Å². The number of thiophene rings is 1. The summed E-state index contributed by atoms with van der Waals surface area (Å²) in [6.07, 6.45) is 1.40. The molecule has 0 radical (unpaired) electrons. The van der Waals surface area contributed by atoms with E-state index in [0.29, 0.717) is 59.2 Å². The van der Waals surface area contributed by atoms with Crippen LogP contribution in [0.2, 0.25) is 0 Å². The van der Waals surface area contributed by atoms with Crippen molar-refractivity contribution in [1.82, 2.24) is 19.7 Å². The molecule has 0 atom stereocenters. The van der Waals surface area contributed by atoms with Crippen molar-refractivity contribution in [2.45, 2.75) is 26.0 Å². The predicted octanol–water partition coefficient (Wildman–Crippen LogP) is 4.95. The fourth-order valence-electron chi connectivity index (χ4n) is 4.94. The number of carbonyl (C=O) groups is 1. The Morgan fingerprint density at radius 2 is 2.08 bits per heavy atom. The summed E-state index contributed by atoms with van der Waals surface area (Å²) in [5, 5.41) is 8.76. The molecule has 5 heterocycles.